The highest BCUT2D eigenvalue weighted by Crippen LogP contribution is 2.30. The van der Waals surface area contributed by atoms with Crippen LogP contribution in [0.1, 0.15) is 30.5 Å². The second kappa shape index (κ2) is 5.32. The third kappa shape index (κ3) is 2.80. The Kier molecular flexibility index (Phi) is 3.93. The van der Waals surface area contributed by atoms with E-state index in [1.54, 1.807) is 18.4 Å². The van der Waals surface area contributed by atoms with E-state index in [9.17, 15) is 9.59 Å². The number of amides is 1. The zero-order valence-corrected chi connectivity index (χ0v) is 12.5. The number of aryl methyl sites for hydroxylation is 2. The van der Waals surface area contributed by atoms with E-state index in [0.717, 1.165) is 16.9 Å². The predicted molar refractivity (Wildman–Crippen MR) is 78.0 cm³/mol. The van der Waals surface area contributed by atoms with Crippen molar-refractivity contribution in [2.45, 2.75) is 13.8 Å². The van der Waals surface area contributed by atoms with Gasteiger partial charge in [-0.3, -0.25) is 4.79 Å². The minimum atomic E-state index is -0.993. The van der Waals surface area contributed by atoms with Crippen molar-refractivity contribution >= 4 is 51.2 Å². The van der Waals surface area contributed by atoms with Gasteiger partial charge in [0.15, 0.2) is 0 Å². The van der Waals surface area contributed by atoms with Crippen LogP contribution >= 0.6 is 34.3 Å². The number of carboxylic acids is 1. The fraction of sp³-hybridized carbons (Fsp3) is 0.167. The number of anilines is 1. The normalized spacial score (nSPS) is 10.5. The minimum absolute atomic E-state index is 0.226. The smallest absolute Gasteiger partial charge is 0.346 e. The second-order valence-corrected chi connectivity index (χ2v) is 6.25. The van der Waals surface area contributed by atoms with Crippen LogP contribution in [0.15, 0.2) is 11.4 Å². The summed E-state index contributed by atoms with van der Waals surface area (Å²) in [5.41, 5.74) is 1.48. The fourth-order valence-corrected chi connectivity index (χ4v) is 3.59. The Morgan fingerprint density at radius 1 is 1.26 bits per heavy atom. The molecule has 2 aromatic heterocycles. The van der Waals surface area contributed by atoms with E-state index in [-0.39, 0.29) is 10.8 Å². The molecule has 7 heteroatoms. The summed E-state index contributed by atoms with van der Waals surface area (Å²) in [6, 6.07) is 1.64. The van der Waals surface area contributed by atoms with Crippen LogP contribution in [-0.2, 0) is 0 Å². The molecule has 1 amide bonds. The zero-order valence-electron chi connectivity index (χ0n) is 10.1. The van der Waals surface area contributed by atoms with Crippen molar-refractivity contribution in [3.05, 3.63) is 37.4 Å². The number of hydrogen-bond acceptors (Lipinski definition) is 4. The molecule has 0 aromatic carbocycles. The molecular formula is C12H10ClNO3S2. The van der Waals surface area contributed by atoms with E-state index in [2.05, 4.69) is 5.32 Å². The highest BCUT2D eigenvalue weighted by atomic mass is 35.5. The Bertz CT molecular complexity index is 660. The van der Waals surface area contributed by atoms with E-state index < -0.39 is 5.97 Å². The van der Waals surface area contributed by atoms with Gasteiger partial charge in [0.2, 0.25) is 0 Å². The van der Waals surface area contributed by atoms with Crippen LogP contribution in [0.25, 0.3) is 0 Å². The first kappa shape index (κ1) is 14.0. The molecule has 100 valence electrons. The Labute approximate surface area is 122 Å². The molecule has 19 heavy (non-hydrogen) atoms. The molecular weight excluding hydrogens is 306 g/mol. The van der Waals surface area contributed by atoms with Gasteiger partial charge in [0, 0.05) is 0 Å². The summed E-state index contributed by atoms with van der Waals surface area (Å²) in [7, 11) is 0. The summed E-state index contributed by atoms with van der Waals surface area (Å²) in [6.45, 7) is 3.52. The summed E-state index contributed by atoms with van der Waals surface area (Å²) in [5.74, 6) is -1.31. The molecule has 0 saturated carbocycles. The Hall–Kier alpha value is -1.37. The van der Waals surface area contributed by atoms with Gasteiger partial charge in [0.05, 0.1) is 10.0 Å². The molecule has 0 saturated heterocycles. The summed E-state index contributed by atoms with van der Waals surface area (Å²) in [6.07, 6.45) is 0. The molecule has 0 aliphatic rings. The molecule has 2 aromatic rings. The first-order valence-electron chi connectivity index (χ1n) is 5.28. The number of nitrogens with one attached hydrogen (secondary N) is 1. The van der Waals surface area contributed by atoms with E-state index in [0.29, 0.717) is 20.5 Å². The third-order valence-corrected chi connectivity index (χ3v) is 5.29. The minimum Gasteiger partial charge on any atom is -0.477 e. The van der Waals surface area contributed by atoms with Gasteiger partial charge >= 0.3 is 5.97 Å². The first-order chi connectivity index (χ1) is 8.90. The van der Waals surface area contributed by atoms with Crippen LogP contribution in [0.3, 0.4) is 0 Å². The standard InChI is InChI=1S/C12H10ClNO3S2/c1-5-3-7(19-9(5)12(16)17)14-11(15)10-8(13)6(2)4-18-10/h3-4H,1-2H3,(H,14,15)(H,16,17). The zero-order chi connectivity index (χ0) is 14.2. The van der Waals surface area contributed by atoms with Crippen molar-refractivity contribution in [1.29, 1.82) is 0 Å². The van der Waals surface area contributed by atoms with Gasteiger partial charge in [-0.05, 0) is 36.4 Å². The van der Waals surface area contributed by atoms with Crippen LogP contribution in [-0.4, -0.2) is 17.0 Å². The number of hydrogen-bond donors (Lipinski definition) is 2. The SMILES string of the molecule is Cc1cc(NC(=O)c2scc(C)c2Cl)sc1C(=O)O. The van der Waals surface area contributed by atoms with Crippen LogP contribution in [0.2, 0.25) is 5.02 Å². The second-order valence-electron chi connectivity index (χ2n) is 3.94. The summed E-state index contributed by atoms with van der Waals surface area (Å²) in [4.78, 5) is 23.6. The summed E-state index contributed by atoms with van der Waals surface area (Å²) < 4.78 is 0. The fourth-order valence-electron chi connectivity index (χ4n) is 1.51. The average molecular weight is 316 g/mol. The largest absolute Gasteiger partial charge is 0.477 e. The van der Waals surface area contributed by atoms with E-state index in [1.807, 2.05) is 6.92 Å². The van der Waals surface area contributed by atoms with Crippen LogP contribution < -0.4 is 5.32 Å². The molecule has 2 heterocycles. The van der Waals surface area contributed by atoms with Gasteiger partial charge in [0.25, 0.3) is 5.91 Å². The van der Waals surface area contributed by atoms with Crippen molar-refractivity contribution in [1.82, 2.24) is 0 Å². The number of carbonyl (C=O) groups excluding carboxylic acids is 1. The van der Waals surface area contributed by atoms with E-state index in [4.69, 9.17) is 16.7 Å². The average Bonchev–Trinajstić information content (AvgIpc) is 2.84. The third-order valence-electron chi connectivity index (χ3n) is 2.45. The van der Waals surface area contributed by atoms with Gasteiger partial charge in [-0.1, -0.05) is 11.6 Å². The number of carbonyl (C=O) groups is 2. The maximum Gasteiger partial charge on any atom is 0.346 e. The molecule has 0 aliphatic carbocycles. The predicted octanol–water partition coefficient (Wildman–Crippen LogP) is 4.03. The van der Waals surface area contributed by atoms with Gasteiger partial charge < -0.3 is 10.4 Å². The number of carboxylic acid groups (broad SMARTS) is 1. The maximum atomic E-state index is 12.0. The van der Waals surface area contributed by atoms with Crippen molar-refractivity contribution in [2.75, 3.05) is 5.32 Å². The van der Waals surface area contributed by atoms with E-state index in [1.165, 1.54) is 11.3 Å². The quantitative estimate of drug-likeness (QED) is 0.898. The molecule has 0 fully saturated rings. The van der Waals surface area contributed by atoms with Crippen LogP contribution in [0, 0.1) is 13.8 Å². The maximum absolute atomic E-state index is 12.0. The highest BCUT2D eigenvalue weighted by molar-refractivity contribution is 7.18. The number of thiophene rings is 2. The van der Waals surface area contributed by atoms with Crippen molar-refractivity contribution < 1.29 is 14.7 Å². The topological polar surface area (TPSA) is 66.4 Å². The molecule has 2 rings (SSSR count). The summed E-state index contributed by atoms with van der Waals surface area (Å²) in [5, 5.41) is 14.4. The molecule has 0 radical (unpaired) electrons. The summed E-state index contributed by atoms with van der Waals surface area (Å²) >= 11 is 8.31. The van der Waals surface area contributed by atoms with Gasteiger partial charge in [-0.15, -0.1) is 22.7 Å². The van der Waals surface area contributed by atoms with Crippen molar-refractivity contribution in [3.63, 3.8) is 0 Å². The van der Waals surface area contributed by atoms with Gasteiger partial charge in [-0.2, -0.15) is 0 Å². The lowest BCUT2D eigenvalue weighted by molar-refractivity contribution is 0.0701. The van der Waals surface area contributed by atoms with Crippen molar-refractivity contribution in [2.24, 2.45) is 0 Å². The lowest BCUT2D eigenvalue weighted by Crippen LogP contribution is -2.09. The Morgan fingerprint density at radius 2 is 1.95 bits per heavy atom. The van der Waals surface area contributed by atoms with Gasteiger partial charge in [-0.25, -0.2) is 4.79 Å². The molecule has 0 aliphatic heterocycles. The number of aromatic carboxylic acids is 1. The number of rotatable bonds is 3. The lowest BCUT2D eigenvalue weighted by Gasteiger charge is -2.00. The lowest BCUT2D eigenvalue weighted by atomic mass is 10.3. The number of halogens is 1. The Morgan fingerprint density at radius 3 is 2.42 bits per heavy atom. The van der Waals surface area contributed by atoms with Crippen LogP contribution in [0.4, 0.5) is 5.00 Å². The molecule has 4 nitrogen and oxygen atoms in total. The molecule has 0 bridgehead atoms. The van der Waals surface area contributed by atoms with E-state index >= 15 is 0 Å². The highest BCUT2D eigenvalue weighted by Gasteiger charge is 2.17. The molecule has 2 N–H and O–H groups in total. The van der Waals surface area contributed by atoms with Crippen LogP contribution in [0.5, 0.6) is 0 Å². The molecule has 0 spiro atoms. The van der Waals surface area contributed by atoms with Gasteiger partial charge in [0.1, 0.15) is 9.75 Å². The first-order valence-corrected chi connectivity index (χ1v) is 7.36. The Balaban J connectivity index is 2.22. The van der Waals surface area contributed by atoms with Crippen molar-refractivity contribution in [3.8, 4) is 0 Å². The monoisotopic (exact) mass is 315 g/mol. The molecule has 0 atom stereocenters. The molecule has 0 unspecified atom stereocenters.